The van der Waals surface area contributed by atoms with Gasteiger partial charge in [-0.25, -0.2) is 4.98 Å². The standard InChI is InChI=1S/C10H17N3OS/c1-4-7-5-12-10(15-7)13-9(14)8(11)6(2)3/h5-6,8H,4,11H2,1-3H3,(H,12,13,14)/t8-/m1/s1. The minimum atomic E-state index is -0.473. The number of rotatable bonds is 4. The second kappa shape index (κ2) is 5.23. The molecule has 1 amide bonds. The van der Waals surface area contributed by atoms with E-state index in [1.165, 1.54) is 11.3 Å². The molecule has 84 valence electrons. The fraction of sp³-hybridized carbons (Fsp3) is 0.600. The summed E-state index contributed by atoms with van der Waals surface area (Å²) in [4.78, 5) is 16.8. The lowest BCUT2D eigenvalue weighted by atomic mass is 10.1. The fourth-order valence-corrected chi connectivity index (χ4v) is 1.78. The molecule has 5 heteroatoms. The lowest BCUT2D eigenvalue weighted by molar-refractivity contribution is -0.118. The monoisotopic (exact) mass is 227 g/mol. The zero-order chi connectivity index (χ0) is 11.4. The van der Waals surface area contributed by atoms with E-state index in [4.69, 9.17) is 5.73 Å². The van der Waals surface area contributed by atoms with E-state index in [-0.39, 0.29) is 11.8 Å². The predicted octanol–water partition coefficient (Wildman–Crippen LogP) is 1.63. The van der Waals surface area contributed by atoms with Crippen molar-refractivity contribution in [3.63, 3.8) is 0 Å². The molecule has 1 heterocycles. The third-order valence-corrected chi connectivity index (χ3v) is 3.21. The number of nitrogens with zero attached hydrogens (tertiary/aromatic N) is 1. The first kappa shape index (κ1) is 12.1. The molecule has 0 aliphatic carbocycles. The lowest BCUT2D eigenvalue weighted by Gasteiger charge is -2.13. The van der Waals surface area contributed by atoms with Gasteiger partial charge in [-0.15, -0.1) is 11.3 Å². The van der Waals surface area contributed by atoms with E-state index in [0.717, 1.165) is 11.3 Å². The van der Waals surface area contributed by atoms with Crippen LogP contribution in [0.25, 0.3) is 0 Å². The third kappa shape index (κ3) is 3.28. The highest BCUT2D eigenvalue weighted by Gasteiger charge is 2.18. The van der Waals surface area contributed by atoms with Crippen LogP contribution in [-0.4, -0.2) is 16.9 Å². The molecular weight excluding hydrogens is 210 g/mol. The Balaban J connectivity index is 2.58. The van der Waals surface area contributed by atoms with E-state index < -0.39 is 6.04 Å². The number of nitrogens with one attached hydrogen (secondary N) is 1. The summed E-state index contributed by atoms with van der Waals surface area (Å²) in [5.74, 6) is -0.0300. The van der Waals surface area contributed by atoms with Gasteiger partial charge in [0.25, 0.3) is 0 Å². The van der Waals surface area contributed by atoms with E-state index >= 15 is 0 Å². The molecule has 0 aliphatic heterocycles. The van der Waals surface area contributed by atoms with Crippen LogP contribution in [0.1, 0.15) is 25.6 Å². The van der Waals surface area contributed by atoms with Gasteiger partial charge in [-0.1, -0.05) is 20.8 Å². The first-order valence-corrected chi connectivity index (χ1v) is 5.87. The molecule has 15 heavy (non-hydrogen) atoms. The molecule has 0 saturated carbocycles. The first-order valence-electron chi connectivity index (χ1n) is 5.05. The van der Waals surface area contributed by atoms with Gasteiger partial charge in [-0.3, -0.25) is 4.79 Å². The highest BCUT2D eigenvalue weighted by Crippen LogP contribution is 2.18. The summed E-state index contributed by atoms with van der Waals surface area (Å²) in [6.07, 6.45) is 2.71. The van der Waals surface area contributed by atoms with Gasteiger partial charge >= 0.3 is 0 Å². The largest absolute Gasteiger partial charge is 0.320 e. The topological polar surface area (TPSA) is 68.0 Å². The summed E-state index contributed by atoms with van der Waals surface area (Å²) in [5, 5.41) is 3.35. The molecule has 1 rings (SSSR count). The number of nitrogens with two attached hydrogens (primary N) is 1. The van der Waals surface area contributed by atoms with Crippen LogP contribution in [0.3, 0.4) is 0 Å². The molecule has 1 atom stereocenters. The van der Waals surface area contributed by atoms with E-state index in [9.17, 15) is 4.79 Å². The maximum atomic E-state index is 11.6. The summed E-state index contributed by atoms with van der Waals surface area (Å²) in [6, 6.07) is -0.473. The number of amides is 1. The smallest absolute Gasteiger partial charge is 0.243 e. The SMILES string of the molecule is CCc1cnc(NC(=O)[C@H](N)C(C)C)s1. The highest BCUT2D eigenvalue weighted by atomic mass is 32.1. The second-order valence-electron chi connectivity index (χ2n) is 3.74. The van der Waals surface area contributed by atoms with Gasteiger partial charge in [-0.05, 0) is 12.3 Å². The maximum absolute atomic E-state index is 11.6. The molecule has 1 aromatic rings. The molecule has 0 spiro atoms. The van der Waals surface area contributed by atoms with Crippen molar-refractivity contribution in [2.24, 2.45) is 11.7 Å². The predicted molar refractivity (Wildman–Crippen MR) is 62.9 cm³/mol. The van der Waals surface area contributed by atoms with Crippen LogP contribution in [0.2, 0.25) is 0 Å². The molecule has 3 N–H and O–H groups in total. The Morgan fingerprint density at radius 1 is 1.67 bits per heavy atom. The number of aryl methyl sites for hydroxylation is 1. The Hall–Kier alpha value is -0.940. The lowest BCUT2D eigenvalue weighted by Crippen LogP contribution is -2.39. The zero-order valence-electron chi connectivity index (χ0n) is 9.28. The Morgan fingerprint density at radius 3 is 2.80 bits per heavy atom. The summed E-state index contributed by atoms with van der Waals surface area (Å²) >= 11 is 1.49. The molecule has 0 unspecified atom stereocenters. The number of anilines is 1. The van der Waals surface area contributed by atoms with Crippen molar-refractivity contribution in [2.75, 3.05) is 5.32 Å². The van der Waals surface area contributed by atoms with Gasteiger partial charge in [0.05, 0.1) is 6.04 Å². The number of carbonyl (C=O) groups excluding carboxylic acids is 1. The van der Waals surface area contributed by atoms with Crippen LogP contribution in [0.4, 0.5) is 5.13 Å². The Kier molecular flexibility index (Phi) is 4.23. The van der Waals surface area contributed by atoms with Crippen molar-refractivity contribution in [3.8, 4) is 0 Å². The average Bonchev–Trinajstić information content (AvgIpc) is 2.64. The molecule has 4 nitrogen and oxygen atoms in total. The molecular formula is C10H17N3OS. The Bertz CT molecular complexity index is 335. The van der Waals surface area contributed by atoms with Crippen LogP contribution in [0, 0.1) is 5.92 Å². The van der Waals surface area contributed by atoms with Crippen LogP contribution >= 0.6 is 11.3 Å². The van der Waals surface area contributed by atoms with E-state index in [0.29, 0.717) is 5.13 Å². The van der Waals surface area contributed by atoms with Crippen molar-refractivity contribution in [3.05, 3.63) is 11.1 Å². The quantitative estimate of drug-likeness (QED) is 0.821. The molecule has 0 fully saturated rings. The van der Waals surface area contributed by atoms with E-state index in [1.54, 1.807) is 6.20 Å². The number of hydrogen-bond acceptors (Lipinski definition) is 4. The number of carbonyl (C=O) groups is 1. The Morgan fingerprint density at radius 2 is 2.33 bits per heavy atom. The van der Waals surface area contributed by atoms with Gasteiger partial charge in [0.2, 0.25) is 5.91 Å². The first-order chi connectivity index (χ1) is 7.04. The van der Waals surface area contributed by atoms with Crippen LogP contribution in [0.5, 0.6) is 0 Å². The third-order valence-electron chi connectivity index (χ3n) is 2.15. The van der Waals surface area contributed by atoms with E-state index in [1.807, 2.05) is 13.8 Å². The van der Waals surface area contributed by atoms with Crippen molar-refractivity contribution in [2.45, 2.75) is 33.2 Å². The summed E-state index contributed by atoms with van der Waals surface area (Å²) in [5.41, 5.74) is 5.71. The molecule has 0 radical (unpaired) electrons. The van der Waals surface area contributed by atoms with Crippen molar-refractivity contribution < 1.29 is 4.79 Å². The molecule has 0 aromatic carbocycles. The molecule has 0 aliphatic rings. The molecule has 0 saturated heterocycles. The second-order valence-corrected chi connectivity index (χ2v) is 4.86. The maximum Gasteiger partial charge on any atom is 0.243 e. The minimum absolute atomic E-state index is 0.135. The molecule has 0 bridgehead atoms. The van der Waals surface area contributed by atoms with Gasteiger partial charge in [0.1, 0.15) is 0 Å². The Labute approximate surface area is 93.9 Å². The van der Waals surface area contributed by atoms with Crippen LogP contribution in [0.15, 0.2) is 6.20 Å². The normalized spacial score (nSPS) is 12.9. The molecule has 1 aromatic heterocycles. The highest BCUT2D eigenvalue weighted by molar-refractivity contribution is 7.15. The van der Waals surface area contributed by atoms with Gasteiger partial charge in [0.15, 0.2) is 5.13 Å². The number of aromatic nitrogens is 1. The van der Waals surface area contributed by atoms with Crippen molar-refractivity contribution in [1.29, 1.82) is 0 Å². The zero-order valence-corrected chi connectivity index (χ0v) is 10.1. The van der Waals surface area contributed by atoms with Crippen molar-refractivity contribution in [1.82, 2.24) is 4.98 Å². The van der Waals surface area contributed by atoms with E-state index in [2.05, 4.69) is 17.2 Å². The number of thiazole rings is 1. The average molecular weight is 227 g/mol. The van der Waals surface area contributed by atoms with Crippen molar-refractivity contribution >= 4 is 22.4 Å². The minimum Gasteiger partial charge on any atom is -0.320 e. The number of hydrogen-bond donors (Lipinski definition) is 2. The van der Waals surface area contributed by atoms with Gasteiger partial charge in [-0.2, -0.15) is 0 Å². The summed E-state index contributed by atoms with van der Waals surface area (Å²) in [6.45, 7) is 5.89. The van der Waals surface area contributed by atoms with Gasteiger partial charge in [0, 0.05) is 11.1 Å². The fourth-order valence-electron chi connectivity index (χ4n) is 1.02. The van der Waals surface area contributed by atoms with Crippen LogP contribution < -0.4 is 11.1 Å². The summed E-state index contributed by atoms with van der Waals surface area (Å²) in [7, 11) is 0. The van der Waals surface area contributed by atoms with Gasteiger partial charge < -0.3 is 11.1 Å². The summed E-state index contributed by atoms with van der Waals surface area (Å²) < 4.78 is 0. The van der Waals surface area contributed by atoms with Crippen LogP contribution in [-0.2, 0) is 11.2 Å².